The highest BCUT2D eigenvalue weighted by molar-refractivity contribution is 7.05. The van der Waals surface area contributed by atoms with Gasteiger partial charge in [-0.05, 0) is 84.6 Å². The van der Waals surface area contributed by atoms with Gasteiger partial charge in [-0.3, -0.25) is 0 Å². The van der Waals surface area contributed by atoms with Gasteiger partial charge in [0.2, 0.25) is 0 Å². The molecule has 1 fully saturated rings. The van der Waals surface area contributed by atoms with E-state index >= 15 is 0 Å². The first kappa shape index (κ1) is 19.2. The number of aryl methyl sites for hydroxylation is 3. The molecule has 1 atom stereocenters. The van der Waals surface area contributed by atoms with Crippen molar-refractivity contribution >= 4 is 23.3 Å². The lowest BCUT2D eigenvalue weighted by Crippen LogP contribution is -2.37. The van der Waals surface area contributed by atoms with Gasteiger partial charge in [-0.25, -0.2) is 14.2 Å². The number of nitrogens with one attached hydrogen (secondary N) is 1. The van der Waals surface area contributed by atoms with Crippen LogP contribution in [0.4, 0.5) is 14.9 Å². The molecule has 7 heteroatoms. The number of likely N-dealkylation sites (tertiary alicyclic amines) is 1. The molecule has 0 spiro atoms. The van der Waals surface area contributed by atoms with Gasteiger partial charge in [0.05, 0.1) is 5.41 Å². The normalized spacial score (nSPS) is 20.4. The molecule has 0 unspecified atom stereocenters. The third-order valence-electron chi connectivity index (χ3n) is 6.40. The third-order valence-corrected chi connectivity index (χ3v) is 7.27. The Labute approximate surface area is 179 Å². The molecule has 30 heavy (non-hydrogen) atoms. The fourth-order valence-electron chi connectivity index (χ4n) is 4.64. The van der Waals surface area contributed by atoms with Crippen molar-refractivity contribution in [1.82, 2.24) is 14.3 Å². The molecule has 0 saturated carbocycles. The molecular formula is C23H23FN4OS. The maximum absolute atomic E-state index is 14.4. The predicted molar refractivity (Wildman–Crippen MR) is 116 cm³/mol. The van der Waals surface area contributed by atoms with E-state index in [1.165, 1.54) is 35.4 Å². The van der Waals surface area contributed by atoms with Crippen LogP contribution in [0.5, 0.6) is 0 Å². The summed E-state index contributed by atoms with van der Waals surface area (Å²) in [5.74, 6) is -0.238. The monoisotopic (exact) mass is 422 g/mol. The van der Waals surface area contributed by atoms with Crippen LogP contribution in [0, 0.1) is 12.7 Å². The highest BCUT2D eigenvalue weighted by Crippen LogP contribution is 2.42. The summed E-state index contributed by atoms with van der Waals surface area (Å²) < 4.78 is 18.5. The Morgan fingerprint density at radius 3 is 2.87 bits per heavy atom. The Hall–Kier alpha value is -2.80. The number of halogens is 1. The van der Waals surface area contributed by atoms with Gasteiger partial charge in [-0.1, -0.05) is 18.2 Å². The Morgan fingerprint density at radius 2 is 2.07 bits per heavy atom. The molecule has 1 saturated heterocycles. The molecule has 2 aliphatic rings. The fourth-order valence-corrected chi connectivity index (χ4v) is 5.39. The summed E-state index contributed by atoms with van der Waals surface area (Å²) >= 11 is 1.31. The van der Waals surface area contributed by atoms with Gasteiger partial charge >= 0.3 is 6.03 Å². The maximum atomic E-state index is 14.4. The molecule has 0 radical (unpaired) electrons. The fraction of sp³-hybridized carbons (Fsp3) is 0.348. The number of aromatic nitrogens is 2. The summed E-state index contributed by atoms with van der Waals surface area (Å²) in [5.41, 5.74) is 4.45. The number of anilines is 1. The van der Waals surface area contributed by atoms with E-state index in [1.54, 1.807) is 24.0 Å². The van der Waals surface area contributed by atoms with E-state index in [1.807, 2.05) is 12.1 Å². The van der Waals surface area contributed by atoms with Crippen molar-refractivity contribution < 1.29 is 9.18 Å². The molecule has 5 nitrogen and oxygen atoms in total. The second-order valence-electron chi connectivity index (χ2n) is 8.23. The number of hydrogen-bond acceptors (Lipinski definition) is 4. The summed E-state index contributed by atoms with van der Waals surface area (Å²) in [6, 6.07) is 11.4. The number of benzene rings is 2. The highest BCUT2D eigenvalue weighted by Gasteiger charge is 2.45. The number of amides is 2. The molecule has 1 aliphatic carbocycles. The molecule has 2 aromatic carbocycles. The van der Waals surface area contributed by atoms with Crippen molar-refractivity contribution in [3.63, 3.8) is 0 Å². The number of carbonyl (C=O) groups excluding carboxylic acids is 1. The largest absolute Gasteiger partial charge is 0.323 e. The molecular weight excluding hydrogens is 399 g/mol. The summed E-state index contributed by atoms with van der Waals surface area (Å²) in [4.78, 5) is 19.3. The van der Waals surface area contributed by atoms with E-state index in [0.717, 1.165) is 29.1 Å². The van der Waals surface area contributed by atoms with Crippen LogP contribution in [0.3, 0.4) is 0 Å². The SMILES string of the molecule is Cc1ccc([C@]2(c3ncns3)CCN(C(=O)Nc3ccc4c(c3)CCC4)C2)cc1F. The lowest BCUT2D eigenvalue weighted by molar-refractivity contribution is 0.220. The summed E-state index contributed by atoms with van der Waals surface area (Å²) in [6.45, 7) is 2.77. The van der Waals surface area contributed by atoms with Gasteiger partial charge in [-0.15, -0.1) is 0 Å². The average Bonchev–Trinajstić information content (AvgIpc) is 3.50. The highest BCUT2D eigenvalue weighted by atomic mass is 32.1. The van der Waals surface area contributed by atoms with E-state index in [4.69, 9.17) is 0 Å². The zero-order valence-electron chi connectivity index (χ0n) is 16.8. The molecule has 3 aromatic rings. The van der Waals surface area contributed by atoms with Crippen molar-refractivity contribution in [3.05, 3.63) is 75.8 Å². The van der Waals surface area contributed by atoms with Gasteiger partial charge in [0.15, 0.2) is 0 Å². The van der Waals surface area contributed by atoms with Crippen molar-refractivity contribution in [2.45, 2.75) is 38.0 Å². The number of hydrogen-bond donors (Lipinski definition) is 1. The quantitative estimate of drug-likeness (QED) is 0.666. The minimum Gasteiger partial charge on any atom is -0.323 e. The van der Waals surface area contributed by atoms with Crippen LogP contribution >= 0.6 is 11.5 Å². The van der Waals surface area contributed by atoms with Gasteiger partial charge in [0.1, 0.15) is 17.2 Å². The summed E-state index contributed by atoms with van der Waals surface area (Å²) in [5, 5.41) is 3.87. The molecule has 154 valence electrons. The molecule has 1 N–H and O–H groups in total. The first-order valence-electron chi connectivity index (χ1n) is 10.3. The van der Waals surface area contributed by atoms with Crippen molar-refractivity contribution in [1.29, 1.82) is 0 Å². The van der Waals surface area contributed by atoms with E-state index < -0.39 is 5.41 Å². The third kappa shape index (κ3) is 3.27. The van der Waals surface area contributed by atoms with Crippen LogP contribution in [-0.4, -0.2) is 33.4 Å². The molecule has 1 aliphatic heterocycles. The maximum Gasteiger partial charge on any atom is 0.321 e. The topological polar surface area (TPSA) is 58.1 Å². The van der Waals surface area contributed by atoms with Gasteiger partial charge in [-0.2, -0.15) is 4.37 Å². The van der Waals surface area contributed by atoms with Crippen molar-refractivity contribution in [2.24, 2.45) is 0 Å². The van der Waals surface area contributed by atoms with Crippen LogP contribution in [-0.2, 0) is 18.3 Å². The number of fused-ring (bicyclic) bond motifs is 1. The standard InChI is InChI=1S/C23H23FN4OS/c1-15-5-7-18(12-20(15)24)23(21-25-14-26-30-21)9-10-28(13-23)22(29)27-19-8-6-16-3-2-4-17(16)11-19/h5-8,11-12,14H,2-4,9-10,13H2,1H3,(H,27,29)/t23-/m0/s1. The van der Waals surface area contributed by atoms with Crippen molar-refractivity contribution in [3.8, 4) is 0 Å². The summed E-state index contributed by atoms with van der Waals surface area (Å²) in [6.07, 6.45) is 5.58. The van der Waals surface area contributed by atoms with Crippen LogP contribution in [0.1, 0.15) is 40.1 Å². The van der Waals surface area contributed by atoms with E-state index in [9.17, 15) is 9.18 Å². The van der Waals surface area contributed by atoms with Crippen LogP contribution < -0.4 is 5.32 Å². The van der Waals surface area contributed by atoms with Gasteiger partial charge in [0.25, 0.3) is 0 Å². The minimum absolute atomic E-state index is 0.132. The number of carbonyl (C=O) groups is 1. The summed E-state index contributed by atoms with van der Waals surface area (Å²) in [7, 11) is 0. The van der Waals surface area contributed by atoms with E-state index in [2.05, 4.69) is 26.8 Å². The van der Waals surface area contributed by atoms with E-state index in [-0.39, 0.29) is 11.8 Å². The first-order valence-corrected chi connectivity index (χ1v) is 11.0. The van der Waals surface area contributed by atoms with Crippen LogP contribution in [0.25, 0.3) is 0 Å². The van der Waals surface area contributed by atoms with Crippen molar-refractivity contribution in [2.75, 3.05) is 18.4 Å². The molecule has 2 heterocycles. The molecule has 0 bridgehead atoms. The zero-order chi connectivity index (χ0) is 20.7. The predicted octanol–water partition coefficient (Wildman–Crippen LogP) is 4.70. The Balaban J connectivity index is 1.40. The van der Waals surface area contributed by atoms with Crippen LogP contribution in [0.15, 0.2) is 42.7 Å². The Bertz CT molecular complexity index is 1100. The second kappa shape index (κ2) is 7.47. The Kier molecular flexibility index (Phi) is 4.77. The zero-order valence-corrected chi connectivity index (χ0v) is 17.6. The lowest BCUT2D eigenvalue weighted by atomic mass is 9.80. The lowest BCUT2D eigenvalue weighted by Gasteiger charge is -2.28. The molecule has 2 amide bonds. The van der Waals surface area contributed by atoms with Gasteiger partial charge < -0.3 is 10.2 Å². The number of urea groups is 1. The first-order chi connectivity index (χ1) is 14.5. The average molecular weight is 423 g/mol. The molecule has 5 rings (SSSR count). The smallest absolute Gasteiger partial charge is 0.321 e. The number of nitrogens with zero attached hydrogens (tertiary/aromatic N) is 3. The minimum atomic E-state index is -0.537. The van der Waals surface area contributed by atoms with E-state index in [0.29, 0.717) is 25.1 Å². The number of rotatable bonds is 3. The second-order valence-corrected chi connectivity index (χ2v) is 9.01. The van der Waals surface area contributed by atoms with Gasteiger partial charge in [0, 0.05) is 18.8 Å². The molecule has 1 aromatic heterocycles. The van der Waals surface area contributed by atoms with Crippen LogP contribution in [0.2, 0.25) is 0 Å². The Morgan fingerprint density at radius 1 is 1.20 bits per heavy atom.